The van der Waals surface area contributed by atoms with Crippen LogP contribution in [0.5, 0.6) is 0 Å². The number of anilines is 1. The quantitative estimate of drug-likeness (QED) is 0.598. The molecular weight excluding hydrogens is 268 g/mol. The fourth-order valence-electron chi connectivity index (χ4n) is 1.43. The van der Waals surface area contributed by atoms with Gasteiger partial charge in [0.2, 0.25) is 5.82 Å². The third-order valence-electron chi connectivity index (χ3n) is 2.29. The van der Waals surface area contributed by atoms with Gasteiger partial charge in [0, 0.05) is 24.6 Å². The fourth-order valence-corrected chi connectivity index (χ4v) is 2.15. The number of thioether (sulfide) groups is 1. The highest BCUT2D eigenvalue weighted by Crippen LogP contribution is 2.23. The standard InChI is InChI=1S/C11H14N4O3S/c1-11(16,7-19-2)6-14-10-9(15(17)18)3-8(4-12)5-13-10/h3,5,16H,6-7H2,1-2H3,(H,13,14). The van der Waals surface area contributed by atoms with Gasteiger partial charge in [0.1, 0.15) is 6.07 Å². The zero-order valence-corrected chi connectivity index (χ0v) is 11.4. The molecule has 0 bridgehead atoms. The van der Waals surface area contributed by atoms with E-state index in [0.29, 0.717) is 5.75 Å². The van der Waals surface area contributed by atoms with Crippen molar-refractivity contribution >= 4 is 23.3 Å². The maximum Gasteiger partial charge on any atom is 0.312 e. The molecule has 19 heavy (non-hydrogen) atoms. The lowest BCUT2D eigenvalue weighted by Gasteiger charge is -2.22. The number of hydrogen-bond acceptors (Lipinski definition) is 7. The van der Waals surface area contributed by atoms with E-state index in [4.69, 9.17) is 5.26 Å². The molecular formula is C11H14N4O3S. The zero-order valence-electron chi connectivity index (χ0n) is 10.6. The van der Waals surface area contributed by atoms with Crippen LogP contribution in [0.3, 0.4) is 0 Å². The van der Waals surface area contributed by atoms with Crippen LogP contribution in [0.25, 0.3) is 0 Å². The van der Waals surface area contributed by atoms with Gasteiger partial charge in [-0.2, -0.15) is 17.0 Å². The van der Waals surface area contributed by atoms with Gasteiger partial charge in [0.25, 0.3) is 0 Å². The molecule has 8 heteroatoms. The van der Waals surface area contributed by atoms with Gasteiger partial charge in [-0.25, -0.2) is 4.98 Å². The molecule has 0 aliphatic carbocycles. The Hall–Kier alpha value is -1.85. The van der Waals surface area contributed by atoms with Crippen molar-refractivity contribution in [3.8, 4) is 6.07 Å². The summed E-state index contributed by atoms with van der Waals surface area (Å²) < 4.78 is 0. The molecule has 2 N–H and O–H groups in total. The lowest BCUT2D eigenvalue weighted by atomic mass is 10.1. The van der Waals surface area contributed by atoms with E-state index in [-0.39, 0.29) is 23.6 Å². The molecule has 0 aliphatic heterocycles. The van der Waals surface area contributed by atoms with Crippen molar-refractivity contribution in [1.82, 2.24) is 4.98 Å². The minimum Gasteiger partial charge on any atom is -0.387 e. The van der Waals surface area contributed by atoms with Crippen molar-refractivity contribution in [3.63, 3.8) is 0 Å². The number of nitrogens with one attached hydrogen (secondary N) is 1. The van der Waals surface area contributed by atoms with Crippen LogP contribution in [0.1, 0.15) is 12.5 Å². The van der Waals surface area contributed by atoms with E-state index < -0.39 is 10.5 Å². The second-order valence-electron chi connectivity index (χ2n) is 4.24. The van der Waals surface area contributed by atoms with Crippen LogP contribution in [0, 0.1) is 21.4 Å². The van der Waals surface area contributed by atoms with Gasteiger partial charge in [-0.15, -0.1) is 0 Å². The molecule has 0 aromatic carbocycles. The van der Waals surface area contributed by atoms with Crippen LogP contribution in [0.4, 0.5) is 11.5 Å². The largest absolute Gasteiger partial charge is 0.387 e. The first-order valence-electron chi connectivity index (χ1n) is 5.39. The van der Waals surface area contributed by atoms with Gasteiger partial charge in [0.15, 0.2) is 0 Å². The molecule has 0 amide bonds. The number of hydrogen-bond donors (Lipinski definition) is 2. The minimum atomic E-state index is -0.997. The summed E-state index contributed by atoms with van der Waals surface area (Å²) in [6.07, 6.45) is 3.11. The second-order valence-corrected chi connectivity index (χ2v) is 5.11. The van der Waals surface area contributed by atoms with Crippen LogP contribution < -0.4 is 5.32 Å². The zero-order chi connectivity index (χ0) is 14.5. The van der Waals surface area contributed by atoms with Crippen molar-refractivity contribution in [2.75, 3.05) is 23.9 Å². The Kier molecular flexibility index (Phi) is 5.09. The third-order valence-corrected chi connectivity index (χ3v) is 3.20. The Morgan fingerprint density at radius 2 is 2.42 bits per heavy atom. The highest BCUT2D eigenvalue weighted by molar-refractivity contribution is 7.98. The first-order chi connectivity index (χ1) is 8.89. The average Bonchev–Trinajstić information content (AvgIpc) is 2.36. The Balaban J connectivity index is 2.90. The molecule has 1 aromatic heterocycles. The summed E-state index contributed by atoms with van der Waals surface area (Å²) in [5.74, 6) is 0.537. The highest BCUT2D eigenvalue weighted by Gasteiger charge is 2.22. The second kappa shape index (κ2) is 6.36. The fraction of sp³-hybridized carbons (Fsp3) is 0.455. The topological polar surface area (TPSA) is 112 Å². The van der Waals surface area contributed by atoms with E-state index in [0.717, 1.165) is 6.07 Å². The lowest BCUT2D eigenvalue weighted by Crippen LogP contribution is -2.36. The SMILES string of the molecule is CSCC(C)(O)CNc1ncc(C#N)cc1[N+](=O)[O-]. The summed E-state index contributed by atoms with van der Waals surface area (Å²) in [7, 11) is 0. The first-order valence-corrected chi connectivity index (χ1v) is 6.79. The predicted octanol–water partition coefficient (Wildman–Crippen LogP) is 1.39. The minimum absolute atomic E-state index is 0.0466. The van der Waals surface area contributed by atoms with E-state index in [1.807, 2.05) is 6.26 Å². The molecule has 1 rings (SSSR count). The molecule has 0 saturated carbocycles. The molecule has 102 valence electrons. The lowest BCUT2D eigenvalue weighted by molar-refractivity contribution is -0.384. The van der Waals surface area contributed by atoms with Crippen molar-refractivity contribution in [1.29, 1.82) is 5.26 Å². The van der Waals surface area contributed by atoms with E-state index >= 15 is 0 Å². The van der Waals surface area contributed by atoms with Crippen molar-refractivity contribution < 1.29 is 10.0 Å². The molecule has 0 saturated heterocycles. The van der Waals surface area contributed by atoms with Crippen molar-refractivity contribution in [3.05, 3.63) is 27.9 Å². The molecule has 7 nitrogen and oxygen atoms in total. The molecule has 1 unspecified atom stereocenters. The van der Waals surface area contributed by atoms with Crippen LogP contribution in [-0.4, -0.2) is 39.2 Å². The average molecular weight is 282 g/mol. The number of rotatable bonds is 6. The highest BCUT2D eigenvalue weighted by atomic mass is 32.2. The maximum atomic E-state index is 10.9. The van der Waals surface area contributed by atoms with E-state index in [1.54, 1.807) is 13.0 Å². The van der Waals surface area contributed by atoms with Gasteiger partial charge in [-0.1, -0.05) is 0 Å². The summed E-state index contributed by atoms with van der Waals surface area (Å²) in [4.78, 5) is 14.1. The van der Waals surface area contributed by atoms with Crippen LogP contribution >= 0.6 is 11.8 Å². The Morgan fingerprint density at radius 3 is 2.95 bits per heavy atom. The van der Waals surface area contributed by atoms with Crippen LogP contribution in [-0.2, 0) is 0 Å². The van der Waals surface area contributed by atoms with Crippen molar-refractivity contribution in [2.45, 2.75) is 12.5 Å². The van der Waals surface area contributed by atoms with E-state index in [1.165, 1.54) is 18.0 Å². The van der Waals surface area contributed by atoms with Crippen LogP contribution in [0.2, 0.25) is 0 Å². The van der Waals surface area contributed by atoms with Crippen LogP contribution in [0.15, 0.2) is 12.3 Å². The van der Waals surface area contributed by atoms with Gasteiger partial charge < -0.3 is 10.4 Å². The summed E-state index contributed by atoms with van der Waals surface area (Å²) in [6, 6.07) is 2.95. The molecule has 0 spiro atoms. The molecule has 0 fully saturated rings. The monoisotopic (exact) mass is 282 g/mol. The molecule has 0 aliphatic rings. The Labute approximate surface area is 114 Å². The summed E-state index contributed by atoms with van der Waals surface area (Å²) in [5.41, 5.74) is -1.16. The van der Waals surface area contributed by atoms with Gasteiger partial charge in [-0.3, -0.25) is 10.1 Å². The Bertz CT molecular complexity index is 513. The normalized spacial score (nSPS) is 13.4. The smallest absolute Gasteiger partial charge is 0.312 e. The number of aliphatic hydroxyl groups is 1. The number of nitrogens with zero attached hydrogens (tertiary/aromatic N) is 3. The van der Waals surface area contributed by atoms with E-state index in [9.17, 15) is 15.2 Å². The number of nitro groups is 1. The molecule has 1 heterocycles. The predicted molar refractivity (Wildman–Crippen MR) is 73.1 cm³/mol. The number of aromatic nitrogens is 1. The van der Waals surface area contributed by atoms with Gasteiger partial charge in [-0.05, 0) is 13.2 Å². The molecule has 1 aromatic rings. The van der Waals surface area contributed by atoms with Crippen molar-refractivity contribution in [2.24, 2.45) is 0 Å². The first kappa shape index (κ1) is 15.2. The van der Waals surface area contributed by atoms with Gasteiger partial charge in [0.05, 0.1) is 16.1 Å². The number of pyridine rings is 1. The van der Waals surface area contributed by atoms with E-state index in [2.05, 4.69) is 10.3 Å². The molecule has 1 atom stereocenters. The molecule has 0 radical (unpaired) electrons. The maximum absolute atomic E-state index is 10.9. The third kappa shape index (κ3) is 4.39. The summed E-state index contributed by atoms with van der Waals surface area (Å²) >= 11 is 1.47. The Morgan fingerprint density at radius 1 is 1.74 bits per heavy atom. The summed E-state index contributed by atoms with van der Waals surface area (Å²) in [6.45, 7) is 1.76. The van der Waals surface area contributed by atoms with Gasteiger partial charge >= 0.3 is 5.69 Å². The summed E-state index contributed by atoms with van der Waals surface area (Å²) in [5, 5.41) is 32.3. The number of nitriles is 1.